The quantitative estimate of drug-likeness (QED) is 0.141. The van der Waals surface area contributed by atoms with Crippen molar-refractivity contribution in [2.75, 3.05) is 0 Å². The molecule has 0 aromatic heterocycles. The predicted octanol–water partition coefficient (Wildman–Crippen LogP) is 7.41. The number of ether oxygens (including phenoxy) is 1. The third kappa shape index (κ3) is 10.4. The molecular formula is C24H38O2. The zero-order chi connectivity index (χ0) is 19.0. The number of rotatable bonds is 15. The highest BCUT2D eigenvalue weighted by atomic mass is 16.5. The van der Waals surface area contributed by atoms with Gasteiger partial charge in [-0.2, -0.15) is 0 Å². The molecule has 0 bridgehead atoms. The van der Waals surface area contributed by atoms with E-state index in [0.29, 0.717) is 11.3 Å². The molecule has 1 rings (SSSR count). The molecule has 2 nitrogen and oxygen atoms in total. The highest BCUT2D eigenvalue weighted by Gasteiger charge is 2.09. The summed E-state index contributed by atoms with van der Waals surface area (Å²) in [6, 6.07) is 7.84. The second-order valence-corrected chi connectivity index (χ2v) is 7.42. The predicted molar refractivity (Wildman–Crippen MR) is 112 cm³/mol. The van der Waals surface area contributed by atoms with Crippen LogP contribution >= 0.6 is 0 Å². The summed E-state index contributed by atoms with van der Waals surface area (Å²) in [5.41, 5.74) is 1.55. The molecule has 0 radical (unpaired) electrons. The molecule has 1 aromatic carbocycles. The molecule has 26 heavy (non-hydrogen) atoms. The second kappa shape index (κ2) is 14.6. The molecule has 0 aliphatic heterocycles. The summed E-state index contributed by atoms with van der Waals surface area (Å²) in [6.45, 7) is 7.59. The number of unbranched alkanes of at least 4 members (excludes halogenated alkanes) is 11. The number of benzene rings is 1. The lowest BCUT2D eigenvalue weighted by atomic mass is 10.0. The van der Waals surface area contributed by atoms with E-state index in [1.807, 2.05) is 18.2 Å². The van der Waals surface area contributed by atoms with Gasteiger partial charge in [0.05, 0.1) is 0 Å². The van der Waals surface area contributed by atoms with Crippen LogP contribution in [0.3, 0.4) is 0 Å². The van der Waals surface area contributed by atoms with Gasteiger partial charge in [-0.25, -0.2) is 4.79 Å². The number of hydrogen-bond acceptors (Lipinski definition) is 2. The number of hydrogen-bond donors (Lipinski definition) is 0. The highest BCUT2D eigenvalue weighted by Crippen LogP contribution is 2.22. The highest BCUT2D eigenvalue weighted by molar-refractivity contribution is 5.88. The van der Waals surface area contributed by atoms with E-state index in [1.54, 1.807) is 6.92 Å². The molecule has 146 valence electrons. The van der Waals surface area contributed by atoms with E-state index in [0.717, 1.165) is 18.4 Å². The minimum absolute atomic E-state index is 0.341. The Morgan fingerprint density at radius 3 is 1.88 bits per heavy atom. The van der Waals surface area contributed by atoms with Gasteiger partial charge in [0.2, 0.25) is 0 Å². The number of para-hydroxylation sites is 1. The van der Waals surface area contributed by atoms with Crippen LogP contribution in [0.15, 0.2) is 36.4 Å². The molecule has 0 amide bonds. The summed E-state index contributed by atoms with van der Waals surface area (Å²) < 4.78 is 5.43. The Morgan fingerprint density at radius 2 is 1.35 bits per heavy atom. The summed E-state index contributed by atoms with van der Waals surface area (Å²) in [5.74, 6) is 0.343. The topological polar surface area (TPSA) is 26.3 Å². The van der Waals surface area contributed by atoms with Crippen LogP contribution in [0.2, 0.25) is 0 Å². The summed E-state index contributed by atoms with van der Waals surface area (Å²) in [7, 11) is 0. The lowest BCUT2D eigenvalue weighted by Crippen LogP contribution is -2.09. The van der Waals surface area contributed by atoms with Crippen LogP contribution in [-0.4, -0.2) is 5.97 Å². The average Bonchev–Trinajstić information content (AvgIpc) is 2.63. The van der Waals surface area contributed by atoms with Crippen LogP contribution in [-0.2, 0) is 11.2 Å². The molecule has 0 fully saturated rings. The maximum absolute atomic E-state index is 11.7. The molecule has 1 aromatic rings. The Bertz CT molecular complexity index is 519. The number of aryl methyl sites for hydroxylation is 1. The standard InChI is InChI=1S/C24H38O2/c1-4-5-6-7-8-9-10-11-12-13-14-15-18-22-19-16-17-20-23(22)26-24(25)21(2)3/h16-17,19-20H,2,4-15,18H2,1,3H3. The summed E-state index contributed by atoms with van der Waals surface area (Å²) in [4.78, 5) is 11.7. The molecular weight excluding hydrogens is 320 g/mol. The van der Waals surface area contributed by atoms with Gasteiger partial charge >= 0.3 is 5.97 Å². The van der Waals surface area contributed by atoms with Crippen molar-refractivity contribution in [2.24, 2.45) is 0 Å². The molecule has 0 heterocycles. The van der Waals surface area contributed by atoms with E-state index in [4.69, 9.17) is 4.74 Å². The van der Waals surface area contributed by atoms with Crippen molar-refractivity contribution in [3.05, 3.63) is 42.0 Å². The first kappa shape index (κ1) is 22.5. The zero-order valence-corrected chi connectivity index (χ0v) is 17.0. The van der Waals surface area contributed by atoms with Crippen LogP contribution in [0.25, 0.3) is 0 Å². The second-order valence-electron chi connectivity index (χ2n) is 7.42. The summed E-state index contributed by atoms with van der Waals surface area (Å²) in [6.07, 6.45) is 17.2. The molecule has 0 unspecified atom stereocenters. The number of carbonyl (C=O) groups is 1. The first-order chi connectivity index (χ1) is 12.6. The van der Waals surface area contributed by atoms with Gasteiger partial charge in [0.25, 0.3) is 0 Å². The van der Waals surface area contributed by atoms with Crippen LogP contribution in [0, 0.1) is 0 Å². The lowest BCUT2D eigenvalue weighted by molar-refractivity contribution is -0.130. The Hall–Kier alpha value is -1.57. The molecule has 0 saturated carbocycles. The molecule has 0 N–H and O–H groups in total. The van der Waals surface area contributed by atoms with Crippen molar-refractivity contribution < 1.29 is 9.53 Å². The van der Waals surface area contributed by atoms with E-state index in [2.05, 4.69) is 19.6 Å². The first-order valence-corrected chi connectivity index (χ1v) is 10.6. The van der Waals surface area contributed by atoms with Crippen molar-refractivity contribution >= 4 is 5.97 Å². The van der Waals surface area contributed by atoms with E-state index in [-0.39, 0.29) is 5.97 Å². The average molecular weight is 359 g/mol. The van der Waals surface area contributed by atoms with E-state index >= 15 is 0 Å². The smallest absolute Gasteiger partial charge is 0.338 e. The minimum atomic E-state index is -0.341. The third-order valence-electron chi connectivity index (χ3n) is 4.82. The number of esters is 1. The Balaban J connectivity index is 2.09. The van der Waals surface area contributed by atoms with Crippen molar-refractivity contribution in [2.45, 2.75) is 97.3 Å². The molecule has 0 spiro atoms. The van der Waals surface area contributed by atoms with E-state index in [9.17, 15) is 4.79 Å². The van der Waals surface area contributed by atoms with Gasteiger partial charge in [0.15, 0.2) is 0 Å². The van der Waals surface area contributed by atoms with Gasteiger partial charge in [-0.15, -0.1) is 0 Å². The van der Waals surface area contributed by atoms with Crippen LogP contribution in [0.4, 0.5) is 0 Å². The van der Waals surface area contributed by atoms with Crippen LogP contribution in [0.5, 0.6) is 5.75 Å². The first-order valence-electron chi connectivity index (χ1n) is 10.6. The zero-order valence-electron chi connectivity index (χ0n) is 17.0. The molecule has 0 aliphatic rings. The molecule has 0 saturated heterocycles. The van der Waals surface area contributed by atoms with Crippen molar-refractivity contribution in [3.8, 4) is 5.75 Å². The van der Waals surface area contributed by atoms with Crippen LogP contribution in [0.1, 0.15) is 96.5 Å². The Labute approximate surface area is 161 Å². The van der Waals surface area contributed by atoms with Crippen molar-refractivity contribution in [1.82, 2.24) is 0 Å². The van der Waals surface area contributed by atoms with Gasteiger partial charge in [0, 0.05) is 5.57 Å². The fourth-order valence-corrected chi connectivity index (χ4v) is 3.15. The third-order valence-corrected chi connectivity index (χ3v) is 4.82. The van der Waals surface area contributed by atoms with Crippen molar-refractivity contribution in [3.63, 3.8) is 0 Å². The monoisotopic (exact) mass is 358 g/mol. The molecule has 0 aliphatic carbocycles. The fourth-order valence-electron chi connectivity index (χ4n) is 3.15. The van der Waals surface area contributed by atoms with Gasteiger partial charge in [-0.1, -0.05) is 102 Å². The minimum Gasteiger partial charge on any atom is -0.423 e. The Kier molecular flexibility index (Phi) is 12.6. The molecule has 2 heteroatoms. The van der Waals surface area contributed by atoms with Crippen LogP contribution < -0.4 is 4.74 Å². The van der Waals surface area contributed by atoms with Gasteiger partial charge in [0.1, 0.15) is 5.75 Å². The molecule has 0 atom stereocenters. The maximum Gasteiger partial charge on any atom is 0.338 e. The normalized spacial score (nSPS) is 10.7. The van der Waals surface area contributed by atoms with Gasteiger partial charge in [-0.05, 0) is 31.4 Å². The SMILES string of the molecule is C=C(C)C(=O)Oc1ccccc1CCCCCCCCCCCCCC. The van der Waals surface area contributed by atoms with Gasteiger partial charge < -0.3 is 4.74 Å². The Morgan fingerprint density at radius 1 is 0.846 bits per heavy atom. The van der Waals surface area contributed by atoms with E-state index in [1.165, 1.54) is 70.6 Å². The van der Waals surface area contributed by atoms with Crippen molar-refractivity contribution in [1.29, 1.82) is 0 Å². The summed E-state index contributed by atoms with van der Waals surface area (Å²) in [5, 5.41) is 0. The lowest BCUT2D eigenvalue weighted by Gasteiger charge is -2.10. The summed E-state index contributed by atoms with van der Waals surface area (Å²) >= 11 is 0. The maximum atomic E-state index is 11.7. The fraction of sp³-hybridized carbons (Fsp3) is 0.625. The number of carbonyl (C=O) groups excluding carboxylic acids is 1. The largest absolute Gasteiger partial charge is 0.423 e. The van der Waals surface area contributed by atoms with E-state index < -0.39 is 0 Å². The van der Waals surface area contributed by atoms with Gasteiger partial charge in [-0.3, -0.25) is 0 Å².